The number of nitro benzene ring substituents is 1. The summed E-state index contributed by atoms with van der Waals surface area (Å²) >= 11 is 7.96. The molecule has 24 heavy (non-hydrogen) atoms. The van der Waals surface area contributed by atoms with Crippen LogP contribution in [-0.2, 0) is 10.1 Å². The Balaban J connectivity index is 2.06. The number of nitro groups is 1. The van der Waals surface area contributed by atoms with Crippen LogP contribution in [-0.4, -0.2) is 13.3 Å². The highest BCUT2D eigenvalue weighted by molar-refractivity contribution is 7.89. The van der Waals surface area contributed by atoms with Gasteiger partial charge in [-0.2, -0.15) is 8.42 Å². The van der Waals surface area contributed by atoms with Crippen LogP contribution in [0.15, 0.2) is 52.1 Å². The number of benzene rings is 1. The van der Waals surface area contributed by atoms with Crippen molar-refractivity contribution in [3.05, 3.63) is 62.3 Å². The molecule has 0 bridgehead atoms. The number of nitrogens with zero attached hydrogens (tertiary/aromatic N) is 1. The molecule has 2 heterocycles. The molecular formula is C14H8ClNO5S3. The van der Waals surface area contributed by atoms with Crippen LogP contribution in [0.2, 0.25) is 4.34 Å². The van der Waals surface area contributed by atoms with E-state index in [2.05, 4.69) is 0 Å². The zero-order valence-corrected chi connectivity index (χ0v) is 14.9. The minimum Gasteiger partial charge on any atom is -0.378 e. The largest absolute Gasteiger partial charge is 0.378 e. The third kappa shape index (κ3) is 3.44. The summed E-state index contributed by atoms with van der Waals surface area (Å²) in [5.74, 6) is 0.0209. The van der Waals surface area contributed by atoms with E-state index < -0.39 is 15.0 Å². The smallest absolute Gasteiger partial charge is 0.348 e. The van der Waals surface area contributed by atoms with Crippen LogP contribution in [0.25, 0.3) is 10.4 Å². The van der Waals surface area contributed by atoms with Gasteiger partial charge in [-0.25, -0.2) is 0 Å². The Bertz CT molecular complexity index is 995. The van der Waals surface area contributed by atoms with E-state index in [4.69, 9.17) is 15.8 Å². The lowest BCUT2D eigenvalue weighted by atomic mass is 10.1. The third-order valence-electron chi connectivity index (χ3n) is 2.96. The van der Waals surface area contributed by atoms with Gasteiger partial charge in [-0.1, -0.05) is 17.7 Å². The number of halogens is 1. The van der Waals surface area contributed by atoms with Crippen LogP contribution < -0.4 is 4.18 Å². The first-order valence-electron chi connectivity index (χ1n) is 6.39. The van der Waals surface area contributed by atoms with E-state index in [0.29, 0.717) is 14.8 Å². The summed E-state index contributed by atoms with van der Waals surface area (Å²) < 4.78 is 30.2. The zero-order chi connectivity index (χ0) is 17.3. The molecule has 0 aliphatic rings. The molecule has 0 saturated heterocycles. The van der Waals surface area contributed by atoms with Crippen LogP contribution in [0, 0.1) is 10.1 Å². The van der Waals surface area contributed by atoms with Crippen molar-refractivity contribution in [3.8, 4) is 16.2 Å². The molecule has 0 atom stereocenters. The van der Waals surface area contributed by atoms with E-state index in [1.807, 2.05) is 0 Å². The minimum absolute atomic E-state index is 0.0209. The maximum Gasteiger partial charge on any atom is 0.348 e. The fraction of sp³-hybridized carbons (Fsp3) is 0. The van der Waals surface area contributed by atoms with E-state index >= 15 is 0 Å². The number of thiophene rings is 2. The monoisotopic (exact) mass is 401 g/mol. The fourth-order valence-electron chi connectivity index (χ4n) is 1.92. The first-order chi connectivity index (χ1) is 11.4. The van der Waals surface area contributed by atoms with E-state index in [0.717, 1.165) is 11.3 Å². The zero-order valence-electron chi connectivity index (χ0n) is 11.7. The Kier molecular flexibility index (Phi) is 4.59. The lowest BCUT2D eigenvalue weighted by molar-refractivity contribution is -0.384. The van der Waals surface area contributed by atoms with Gasteiger partial charge in [0.15, 0.2) is 9.96 Å². The van der Waals surface area contributed by atoms with Gasteiger partial charge in [0.05, 0.1) is 9.26 Å². The summed E-state index contributed by atoms with van der Waals surface area (Å²) in [5.41, 5.74) is 0.188. The first-order valence-corrected chi connectivity index (χ1v) is 9.87. The number of rotatable bonds is 5. The van der Waals surface area contributed by atoms with Crippen molar-refractivity contribution < 1.29 is 17.5 Å². The lowest BCUT2D eigenvalue weighted by Gasteiger charge is -2.09. The highest BCUT2D eigenvalue weighted by Gasteiger charge is 2.23. The average Bonchev–Trinajstić information content (AvgIpc) is 3.18. The second-order valence-corrected chi connectivity index (χ2v) is 8.95. The van der Waals surface area contributed by atoms with Crippen molar-refractivity contribution >= 4 is 50.1 Å². The normalized spacial score (nSPS) is 11.4. The molecule has 0 saturated carbocycles. The topological polar surface area (TPSA) is 86.5 Å². The maximum atomic E-state index is 12.4. The van der Waals surface area contributed by atoms with E-state index in [-0.39, 0.29) is 15.6 Å². The Morgan fingerprint density at radius 3 is 2.54 bits per heavy atom. The predicted octanol–water partition coefficient (Wildman–Crippen LogP) is 4.81. The molecule has 2 aromatic heterocycles. The Hall–Kier alpha value is -1.94. The Morgan fingerprint density at radius 1 is 1.17 bits per heavy atom. The number of hydrogen-bond acceptors (Lipinski definition) is 7. The van der Waals surface area contributed by atoms with Gasteiger partial charge < -0.3 is 4.18 Å². The van der Waals surface area contributed by atoms with E-state index in [1.165, 1.54) is 41.7 Å². The van der Waals surface area contributed by atoms with Gasteiger partial charge in [0, 0.05) is 22.6 Å². The fourth-order valence-corrected chi connectivity index (χ4v) is 5.06. The minimum atomic E-state index is -4.07. The molecule has 3 aromatic rings. The maximum absolute atomic E-state index is 12.4. The lowest BCUT2D eigenvalue weighted by Crippen LogP contribution is -2.08. The van der Waals surface area contributed by atoms with Gasteiger partial charge >= 0.3 is 10.1 Å². The van der Waals surface area contributed by atoms with Crippen molar-refractivity contribution in [2.75, 3.05) is 0 Å². The van der Waals surface area contributed by atoms with Crippen LogP contribution in [0.3, 0.4) is 0 Å². The highest BCUT2D eigenvalue weighted by Crippen LogP contribution is 2.38. The molecule has 1 aromatic carbocycles. The van der Waals surface area contributed by atoms with Gasteiger partial charge in [-0.05, 0) is 29.6 Å². The summed E-state index contributed by atoms with van der Waals surface area (Å²) in [5, 5.41) is 12.8. The van der Waals surface area contributed by atoms with Gasteiger partial charge in [0.1, 0.15) is 0 Å². The molecule has 0 fully saturated rings. The molecule has 6 nitrogen and oxygen atoms in total. The molecule has 0 unspecified atom stereocenters. The molecular weight excluding hydrogens is 394 g/mol. The molecule has 10 heteroatoms. The van der Waals surface area contributed by atoms with Gasteiger partial charge in [-0.15, -0.1) is 22.7 Å². The SMILES string of the molecule is O=[N+]([O-])c1ccc(OS(=O)(=O)c2ccc(Cl)s2)c(-c2cccs2)c1. The van der Waals surface area contributed by atoms with Crippen molar-refractivity contribution in [2.45, 2.75) is 4.21 Å². The second kappa shape index (κ2) is 6.52. The van der Waals surface area contributed by atoms with Crippen molar-refractivity contribution in [1.29, 1.82) is 0 Å². The van der Waals surface area contributed by atoms with E-state index in [1.54, 1.807) is 17.5 Å². The van der Waals surface area contributed by atoms with Crippen molar-refractivity contribution in [1.82, 2.24) is 0 Å². The summed E-state index contributed by atoms with van der Waals surface area (Å²) in [6.45, 7) is 0. The molecule has 0 N–H and O–H groups in total. The van der Waals surface area contributed by atoms with E-state index in [9.17, 15) is 18.5 Å². The third-order valence-corrected chi connectivity index (χ3v) is 6.77. The van der Waals surface area contributed by atoms with Gasteiger partial charge in [0.2, 0.25) is 0 Å². The average molecular weight is 402 g/mol. The van der Waals surface area contributed by atoms with Gasteiger partial charge in [0.25, 0.3) is 5.69 Å². The molecule has 0 amide bonds. The molecule has 3 rings (SSSR count). The van der Waals surface area contributed by atoms with Crippen molar-refractivity contribution in [3.63, 3.8) is 0 Å². The number of non-ortho nitro benzene ring substituents is 1. The quantitative estimate of drug-likeness (QED) is 0.348. The van der Waals surface area contributed by atoms with Crippen LogP contribution in [0.4, 0.5) is 5.69 Å². The standard InChI is InChI=1S/C14H8ClNO5S3/c15-13-5-6-14(23-13)24(19,20)21-11-4-3-9(16(17)18)8-10(11)12-2-1-7-22-12/h1-8H. The summed E-state index contributed by atoms with van der Waals surface area (Å²) in [6, 6.07) is 10.1. The molecule has 0 aliphatic carbocycles. The molecule has 124 valence electrons. The van der Waals surface area contributed by atoms with Gasteiger partial charge in [-0.3, -0.25) is 10.1 Å². The molecule has 0 spiro atoms. The van der Waals surface area contributed by atoms with Crippen LogP contribution >= 0.6 is 34.3 Å². The van der Waals surface area contributed by atoms with Crippen molar-refractivity contribution in [2.24, 2.45) is 0 Å². The Labute approximate surface area is 150 Å². The second-order valence-electron chi connectivity index (χ2n) is 4.51. The molecule has 0 aliphatic heterocycles. The van der Waals surface area contributed by atoms with Crippen LogP contribution in [0.1, 0.15) is 0 Å². The van der Waals surface area contributed by atoms with Crippen LogP contribution in [0.5, 0.6) is 5.75 Å². The summed E-state index contributed by atoms with van der Waals surface area (Å²) in [4.78, 5) is 11.1. The number of hydrogen-bond donors (Lipinski definition) is 0. The first kappa shape index (κ1) is 16.9. The predicted molar refractivity (Wildman–Crippen MR) is 93.6 cm³/mol. The molecule has 0 radical (unpaired) electrons. The Morgan fingerprint density at radius 2 is 1.96 bits per heavy atom. The summed E-state index contributed by atoms with van der Waals surface area (Å²) in [6.07, 6.45) is 0. The highest BCUT2D eigenvalue weighted by atomic mass is 35.5. The summed E-state index contributed by atoms with van der Waals surface area (Å²) in [7, 11) is -4.07.